The van der Waals surface area contributed by atoms with E-state index in [1.54, 1.807) is 26.1 Å². The van der Waals surface area contributed by atoms with Crippen molar-refractivity contribution in [3.8, 4) is 0 Å². The van der Waals surface area contributed by atoms with E-state index in [0.717, 1.165) is 0 Å². The van der Waals surface area contributed by atoms with E-state index in [4.69, 9.17) is 0 Å². The molecule has 0 bridgehead atoms. The highest BCUT2D eigenvalue weighted by Gasteiger charge is 2.10. The molecule has 1 aromatic carbocycles. The molecular formula is C11H12FNO. The summed E-state index contributed by atoms with van der Waals surface area (Å²) in [6, 6.07) is 5.74. The predicted molar refractivity (Wildman–Crippen MR) is 54.6 cm³/mol. The van der Waals surface area contributed by atoms with Crippen LogP contribution in [0.15, 0.2) is 36.4 Å². The Labute approximate surface area is 82.7 Å². The molecule has 0 N–H and O–H groups in total. The lowest BCUT2D eigenvalue weighted by Gasteiger charge is -2.16. The maximum absolute atomic E-state index is 12.6. The Morgan fingerprint density at radius 1 is 1.36 bits per heavy atom. The highest BCUT2D eigenvalue weighted by Crippen LogP contribution is 2.14. The van der Waals surface area contributed by atoms with Gasteiger partial charge >= 0.3 is 0 Å². The summed E-state index contributed by atoms with van der Waals surface area (Å²) in [4.78, 5) is 12.9. The molecule has 0 heterocycles. The first-order valence-corrected chi connectivity index (χ1v) is 4.21. The normalized spacial score (nSPS) is 9.64. The van der Waals surface area contributed by atoms with E-state index < -0.39 is 0 Å². The van der Waals surface area contributed by atoms with Crippen molar-refractivity contribution in [1.29, 1.82) is 0 Å². The van der Waals surface area contributed by atoms with Crippen molar-refractivity contribution in [2.75, 3.05) is 11.9 Å². The van der Waals surface area contributed by atoms with Crippen molar-refractivity contribution in [2.45, 2.75) is 6.92 Å². The zero-order chi connectivity index (χ0) is 10.7. The first-order chi connectivity index (χ1) is 6.52. The summed E-state index contributed by atoms with van der Waals surface area (Å²) in [6.45, 7) is 5.20. The van der Waals surface area contributed by atoms with E-state index in [1.165, 1.54) is 17.0 Å². The molecule has 0 saturated heterocycles. The average molecular weight is 193 g/mol. The summed E-state index contributed by atoms with van der Waals surface area (Å²) in [5, 5.41) is 0. The minimum Gasteiger partial charge on any atom is -0.312 e. The molecule has 0 unspecified atom stereocenters. The van der Waals surface area contributed by atoms with Crippen molar-refractivity contribution in [3.63, 3.8) is 0 Å². The Hall–Kier alpha value is -1.64. The monoisotopic (exact) mass is 193 g/mol. The number of hydrogen-bond donors (Lipinski definition) is 0. The topological polar surface area (TPSA) is 20.3 Å². The van der Waals surface area contributed by atoms with Crippen molar-refractivity contribution >= 4 is 11.6 Å². The molecule has 0 fully saturated rings. The number of amides is 1. The Bertz CT molecular complexity index is 356. The van der Waals surface area contributed by atoms with Gasteiger partial charge in [0, 0.05) is 18.3 Å². The molecular weight excluding hydrogens is 181 g/mol. The molecule has 1 amide bonds. The molecule has 0 spiro atoms. The molecule has 0 aromatic heterocycles. The van der Waals surface area contributed by atoms with Gasteiger partial charge in [-0.1, -0.05) is 6.58 Å². The summed E-state index contributed by atoms with van der Waals surface area (Å²) < 4.78 is 12.6. The van der Waals surface area contributed by atoms with Crippen molar-refractivity contribution in [1.82, 2.24) is 0 Å². The van der Waals surface area contributed by atoms with E-state index in [1.807, 2.05) is 0 Å². The van der Waals surface area contributed by atoms with Crippen molar-refractivity contribution in [2.24, 2.45) is 0 Å². The van der Waals surface area contributed by atoms with Crippen LogP contribution in [0.2, 0.25) is 0 Å². The van der Waals surface area contributed by atoms with Gasteiger partial charge in [-0.05, 0) is 31.2 Å². The van der Waals surface area contributed by atoms with Crippen LogP contribution < -0.4 is 4.90 Å². The number of anilines is 1. The summed E-state index contributed by atoms with van der Waals surface area (Å²) >= 11 is 0. The Morgan fingerprint density at radius 2 is 1.86 bits per heavy atom. The highest BCUT2D eigenvalue weighted by molar-refractivity contribution is 6.04. The van der Waals surface area contributed by atoms with Gasteiger partial charge in [-0.3, -0.25) is 4.79 Å². The zero-order valence-electron chi connectivity index (χ0n) is 8.25. The Balaban J connectivity index is 2.89. The fourth-order valence-corrected chi connectivity index (χ4v) is 1.07. The molecule has 1 rings (SSSR count). The molecule has 74 valence electrons. The van der Waals surface area contributed by atoms with Crippen LogP contribution >= 0.6 is 0 Å². The van der Waals surface area contributed by atoms with Crippen LogP contribution in [0.5, 0.6) is 0 Å². The molecule has 0 saturated carbocycles. The molecule has 2 nitrogen and oxygen atoms in total. The predicted octanol–water partition coefficient (Wildman–Crippen LogP) is 2.36. The van der Waals surface area contributed by atoms with E-state index in [9.17, 15) is 9.18 Å². The third-order valence-electron chi connectivity index (χ3n) is 1.88. The maximum atomic E-state index is 12.6. The number of hydrogen-bond acceptors (Lipinski definition) is 1. The average Bonchev–Trinajstić information content (AvgIpc) is 2.16. The maximum Gasteiger partial charge on any atom is 0.253 e. The molecule has 0 aliphatic carbocycles. The quantitative estimate of drug-likeness (QED) is 0.660. The number of likely N-dealkylation sites (N-methyl/N-ethyl adjacent to an activating group) is 1. The van der Waals surface area contributed by atoms with E-state index in [0.29, 0.717) is 11.3 Å². The van der Waals surface area contributed by atoms with Crippen LogP contribution in [-0.2, 0) is 4.79 Å². The molecule has 0 aliphatic rings. The minimum atomic E-state index is -0.315. The Kier molecular flexibility index (Phi) is 3.02. The SMILES string of the molecule is C=C(C)C(=O)N(C)c1ccc(F)cc1. The van der Waals surface area contributed by atoms with Crippen molar-refractivity contribution < 1.29 is 9.18 Å². The number of carbonyl (C=O) groups excluding carboxylic acids is 1. The fraction of sp³-hybridized carbons (Fsp3) is 0.182. The van der Waals surface area contributed by atoms with Gasteiger partial charge < -0.3 is 4.90 Å². The molecule has 0 aliphatic heterocycles. The van der Waals surface area contributed by atoms with Gasteiger partial charge in [-0.15, -0.1) is 0 Å². The lowest BCUT2D eigenvalue weighted by atomic mass is 10.2. The number of carbonyl (C=O) groups is 1. The number of benzene rings is 1. The number of halogens is 1. The second-order valence-electron chi connectivity index (χ2n) is 3.12. The van der Waals surface area contributed by atoms with E-state index in [-0.39, 0.29) is 11.7 Å². The zero-order valence-corrected chi connectivity index (χ0v) is 8.25. The second-order valence-corrected chi connectivity index (χ2v) is 3.12. The summed E-state index contributed by atoms with van der Waals surface area (Å²) in [5.41, 5.74) is 1.11. The lowest BCUT2D eigenvalue weighted by molar-refractivity contribution is -0.114. The standard InChI is InChI=1S/C11H12FNO/c1-8(2)11(14)13(3)10-6-4-9(12)5-7-10/h4-7H,1H2,2-3H3. The fourth-order valence-electron chi connectivity index (χ4n) is 1.07. The molecule has 0 atom stereocenters. The summed E-state index contributed by atoms with van der Waals surface area (Å²) in [6.07, 6.45) is 0. The van der Waals surface area contributed by atoms with Crippen LogP contribution in [0, 0.1) is 5.82 Å². The molecule has 14 heavy (non-hydrogen) atoms. The van der Waals surface area contributed by atoms with Gasteiger partial charge in [-0.2, -0.15) is 0 Å². The first kappa shape index (κ1) is 10.4. The molecule has 3 heteroatoms. The van der Waals surface area contributed by atoms with Gasteiger partial charge in [0.2, 0.25) is 0 Å². The summed E-state index contributed by atoms with van der Waals surface area (Å²) in [7, 11) is 1.63. The smallest absolute Gasteiger partial charge is 0.253 e. The van der Waals surface area contributed by atoms with Gasteiger partial charge in [0.15, 0.2) is 0 Å². The number of nitrogens with zero attached hydrogens (tertiary/aromatic N) is 1. The third-order valence-corrected chi connectivity index (χ3v) is 1.88. The first-order valence-electron chi connectivity index (χ1n) is 4.21. The van der Waals surface area contributed by atoms with Gasteiger partial charge in [0.1, 0.15) is 5.82 Å². The van der Waals surface area contributed by atoms with Crippen LogP contribution in [0.1, 0.15) is 6.92 Å². The van der Waals surface area contributed by atoms with Gasteiger partial charge in [0.05, 0.1) is 0 Å². The Morgan fingerprint density at radius 3 is 2.29 bits per heavy atom. The van der Waals surface area contributed by atoms with E-state index in [2.05, 4.69) is 6.58 Å². The largest absolute Gasteiger partial charge is 0.312 e. The number of rotatable bonds is 2. The highest BCUT2D eigenvalue weighted by atomic mass is 19.1. The van der Waals surface area contributed by atoms with Gasteiger partial charge in [-0.25, -0.2) is 4.39 Å². The summed E-state index contributed by atoms with van der Waals surface area (Å²) in [5.74, 6) is -0.485. The minimum absolute atomic E-state index is 0.170. The van der Waals surface area contributed by atoms with Gasteiger partial charge in [0.25, 0.3) is 5.91 Å². The van der Waals surface area contributed by atoms with Crippen LogP contribution in [0.4, 0.5) is 10.1 Å². The third kappa shape index (κ3) is 2.19. The molecule has 1 aromatic rings. The van der Waals surface area contributed by atoms with E-state index >= 15 is 0 Å². The van der Waals surface area contributed by atoms with Crippen LogP contribution in [-0.4, -0.2) is 13.0 Å². The van der Waals surface area contributed by atoms with Crippen LogP contribution in [0.3, 0.4) is 0 Å². The van der Waals surface area contributed by atoms with Crippen LogP contribution in [0.25, 0.3) is 0 Å². The molecule has 0 radical (unpaired) electrons. The van der Waals surface area contributed by atoms with Crippen molar-refractivity contribution in [3.05, 3.63) is 42.2 Å². The lowest BCUT2D eigenvalue weighted by Crippen LogP contribution is -2.26. The second kappa shape index (κ2) is 4.05.